The molecule has 104 valence electrons. The Morgan fingerprint density at radius 2 is 2.00 bits per heavy atom. The number of hydrogen-bond acceptors (Lipinski definition) is 2. The summed E-state index contributed by atoms with van der Waals surface area (Å²) < 4.78 is 1.81. The van der Waals surface area contributed by atoms with E-state index in [1.807, 2.05) is 24.6 Å². The molecule has 2 heterocycles. The van der Waals surface area contributed by atoms with E-state index in [9.17, 15) is 14.7 Å². The number of aryl methyl sites for hydroxylation is 1. The van der Waals surface area contributed by atoms with Crippen LogP contribution in [-0.4, -0.2) is 39.0 Å². The average Bonchev–Trinajstić information content (AvgIpc) is 2.60. The molecule has 0 bridgehead atoms. The molecule has 19 heavy (non-hydrogen) atoms. The van der Waals surface area contributed by atoms with Crippen LogP contribution in [0.15, 0.2) is 12.1 Å². The van der Waals surface area contributed by atoms with Gasteiger partial charge in [-0.25, -0.2) is 4.79 Å². The largest absolute Gasteiger partial charge is 0.480 e. The van der Waals surface area contributed by atoms with Gasteiger partial charge in [0.1, 0.15) is 11.7 Å². The number of aliphatic carboxylic acids is 1. The number of carbonyl (C=O) groups excluding carboxylic acids is 1. The molecule has 1 aliphatic rings. The number of amides is 1. The van der Waals surface area contributed by atoms with Crippen LogP contribution in [0.1, 0.15) is 41.9 Å². The summed E-state index contributed by atoms with van der Waals surface area (Å²) in [7, 11) is 1.83. The van der Waals surface area contributed by atoms with Crippen molar-refractivity contribution in [1.29, 1.82) is 0 Å². The van der Waals surface area contributed by atoms with Gasteiger partial charge in [0.05, 0.1) is 0 Å². The summed E-state index contributed by atoms with van der Waals surface area (Å²) in [6, 6.07) is 2.95. The average molecular weight is 264 g/mol. The second-order valence-electron chi connectivity index (χ2n) is 5.12. The van der Waals surface area contributed by atoms with Crippen molar-refractivity contribution >= 4 is 11.9 Å². The highest BCUT2D eigenvalue weighted by atomic mass is 16.4. The Labute approximate surface area is 112 Å². The van der Waals surface area contributed by atoms with Crippen molar-refractivity contribution < 1.29 is 14.7 Å². The summed E-state index contributed by atoms with van der Waals surface area (Å²) in [5.74, 6) is -1.08. The summed E-state index contributed by atoms with van der Waals surface area (Å²) >= 11 is 0. The van der Waals surface area contributed by atoms with Crippen LogP contribution >= 0.6 is 0 Å². The third-order valence-corrected chi connectivity index (χ3v) is 3.89. The van der Waals surface area contributed by atoms with Gasteiger partial charge in [0.15, 0.2) is 0 Å². The first-order chi connectivity index (χ1) is 9.02. The minimum atomic E-state index is -0.902. The standard InChI is InChI=1S/C14H20N2O3/c1-10-7-8-11(15(10)2)13(17)16-9-5-3-4-6-12(16)14(18)19/h7-8,12H,3-6,9H2,1-2H3,(H,18,19). The van der Waals surface area contributed by atoms with E-state index in [4.69, 9.17) is 0 Å². The van der Waals surface area contributed by atoms with Crippen molar-refractivity contribution in [3.8, 4) is 0 Å². The quantitative estimate of drug-likeness (QED) is 0.886. The topological polar surface area (TPSA) is 62.5 Å². The number of carboxylic acids is 1. The molecule has 0 aromatic carbocycles. The molecule has 0 radical (unpaired) electrons. The molecule has 1 fully saturated rings. The Morgan fingerprint density at radius 3 is 2.58 bits per heavy atom. The van der Waals surface area contributed by atoms with Gasteiger partial charge >= 0.3 is 5.97 Å². The van der Waals surface area contributed by atoms with Crippen LogP contribution in [0.4, 0.5) is 0 Å². The molecule has 1 N–H and O–H groups in total. The van der Waals surface area contributed by atoms with Crippen molar-refractivity contribution in [3.05, 3.63) is 23.5 Å². The number of likely N-dealkylation sites (tertiary alicyclic amines) is 1. The van der Waals surface area contributed by atoms with Crippen LogP contribution in [-0.2, 0) is 11.8 Å². The van der Waals surface area contributed by atoms with Crippen LogP contribution in [0.2, 0.25) is 0 Å². The summed E-state index contributed by atoms with van der Waals surface area (Å²) in [6.45, 7) is 2.45. The zero-order chi connectivity index (χ0) is 14.0. The van der Waals surface area contributed by atoms with Crippen molar-refractivity contribution in [2.45, 2.75) is 38.6 Å². The highest BCUT2D eigenvalue weighted by molar-refractivity contribution is 5.95. The Kier molecular flexibility index (Phi) is 3.93. The Hall–Kier alpha value is -1.78. The van der Waals surface area contributed by atoms with Crippen LogP contribution in [0, 0.1) is 6.92 Å². The lowest BCUT2D eigenvalue weighted by Gasteiger charge is -2.27. The fraction of sp³-hybridized carbons (Fsp3) is 0.571. The van der Waals surface area contributed by atoms with Gasteiger partial charge in [-0.05, 0) is 31.9 Å². The number of nitrogens with zero attached hydrogens (tertiary/aromatic N) is 2. The number of carboxylic acid groups (broad SMARTS) is 1. The summed E-state index contributed by atoms with van der Waals surface area (Å²) in [4.78, 5) is 25.4. The van der Waals surface area contributed by atoms with Crippen LogP contribution in [0.5, 0.6) is 0 Å². The third-order valence-electron chi connectivity index (χ3n) is 3.89. The van der Waals surface area contributed by atoms with E-state index < -0.39 is 12.0 Å². The van der Waals surface area contributed by atoms with Crippen LogP contribution < -0.4 is 0 Å². The van der Waals surface area contributed by atoms with Crippen molar-refractivity contribution in [3.63, 3.8) is 0 Å². The summed E-state index contributed by atoms with van der Waals surface area (Å²) in [6.07, 6.45) is 3.27. The molecule has 1 saturated heterocycles. The SMILES string of the molecule is Cc1ccc(C(=O)N2CCCCCC2C(=O)O)n1C. The molecule has 1 aromatic heterocycles. The fourth-order valence-electron chi connectivity index (χ4n) is 2.58. The zero-order valence-electron chi connectivity index (χ0n) is 11.4. The minimum Gasteiger partial charge on any atom is -0.480 e. The van der Waals surface area contributed by atoms with Crippen molar-refractivity contribution in [2.75, 3.05) is 6.54 Å². The molecular weight excluding hydrogens is 244 g/mol. The Bertz CT molecular complexity index is 493. The maximum Gasteiger partial charge on any atom is 0.326 e. The fourth-order valence-corrected chi connectivity index (χ4v) is 2.58. The highest BCUT2D eigenvalue weighted by Gasteiger charge is 2.32. The maximum absolute atomic E-state index is 12.5. The normalized spacial score (nSPS) is 20.1. The van der Waals surface area contributed by atoms with Crippen molar-refractivity contribution in [2.24, 2.45) is 7.05 Å². The second-order valence-corrected chi connectivity index (χ2v) is 5.12. The van der Waals surface area contributed by atoms with E-state index in [1.54, 1.807) is 6.07 Å². The first-order valence-electron chi connectivity index (χ1n) is 6.68. The molecule has 0 aliphatic carbocycles. The first-order valence-corrected chi connectivity index (χ1v) is 6.68. The lowest BCUT2D eigenvalue weighted by molar-refractivity contribution is -0.142. The van der Waals surface area contributed by atoms with Crippen LogP contribution in [0.25, 0.3) is 0 Å². The smallest absolute Gasteiger partial charge is 0.326 e. The lowest BCUT2D eigenvalue weighted by atomic mass is 10.1. The molecule has 5 nitrogen and oxygen atoms in total. The molecule has 1 unspecified atom stereocenters. The molecule has 1 atom stereocenters. The monoisotopic (exact) mass is 264 g/mol. The minimum absolute atomic E-state index is 0.176. The van der Waals surface area contributed by atoms with Crippen LogP contribution in [0.3, 0.4) is 0 Å². The Morgan fingerprint density at radius 1 is 1.26 bits per heavy atom. The van der Waals surface area contributed by atoms with E-state index in [2.05, 4.69) is 0 Å². The molecule has 0 saturated carbocycles. The molecule has 5 heteroatoms. The van der Waals surface area contributed by atoms with E-state index in [0.29, 0.717) is 18.7 Å². The number of hydrogen-bond donors (Lipinski definition) is 1. The van der Waals surface area contributed by atoms with Gasteiger partial charge in [-0.3, -0.25) is 4.79 Å². The van der Waals surface area contributed by atoms with E-state index >= 15 is 0 Å². The van der Waals surface area contributed by atoms with Gasteiger partial charge in [0, 0.05) is 19.3 Å². The molecular formula is C14H20N2O3. The Balaban J connectivity index is 2.28. The number of rotatable bonds is 2. The lowest BCUT2D eigenvalue weighted by Crippen LogP contribution is -2.45. The van der Waals surface area contributed by atoms with E-state index in [0.717, 1.165) is 25.0 Å². The molecule has 0 spiro atoms. The van der Waals surface area contributed by atoms with Gasteiger partial charge in [-0.2, -0.15) is 0 Å². The highest BCUT2D eigenvalue weighted by Crippen LogP contribution is 2.20. The van der Waals surface area contributed by atoms with E-state index in [1.165, 1.54) is 4.90 Å². The summed E-state index contributed by atoms with van der Waals surface area (Å²) in [5, 5.41) is 9.30. The third kappa shape index (κ3) is 2.64. The van der Waals surface area contributed by atoms with Gasteiger partial charge in [0.2, 0.25) is 0 Å². The van der Waals surface area contributed by atoms with Gasteiger partial charge < -0.3 is 14.6 Å². The van der Waals surface area contributed by atoms with Gasteiger partial charge in [-0.1, -0.05) is 12.8 Å². The van der Waals surface area contributed by atoms with E-state index in [-0.39, 0.29) is 5.91 Å². The molecule has 2 rings (SSSR count). The van der Waals surface area contributed by atoms with Gasteiger partial charge in [0.25, 0.3) is 5.91 Å². The maximum atomic E-state index is 12.5. The van der Waals surface area contributed by atoms with Crippen molar-refractivity contribution in [1.82, 2.24) is 9.47 Å². The molecule has 1 amide bonds. The second kappa shape index (κ2) is 5.47. The summed E-state index contributed by atoms with van der Waals surface area (Å²) in [5.41, 5.74) is 1.55. The molecule has 1 aromatic rings. The predicted octanol–water partition coefficient (Wildman–Crippen LogP) is 1.80. The number of aromatic nitrogens is 1. The number of carbonyl (C=O) groups is 2. The first kappa shape index (κ1) is 13.6. The zero-order valence-corrected chi connectivity index (χ0v) is 11.4. The predicted molar refractivity (Wildman–Crippen MR) is 71.1 cm³/mol. The molecule has 1 aliphatic heterocycles. The van der Waals surface area contributed by atoms with Gasteiger partial charge in [-0.15, -0.1) is 0 Å².